The predicted octanol–water partition coefficient (Wildman–Crippen LogP) is 2.23. The van der Waals surface area contributed by atoms with Crippen LogP contribution in [0.1, 0.15) is 32.6 Å². The van der Waals surface area contributed by atoms with Crippen LogP contribution in [-0.2, 0) is 9.53 Å². The van der Waals surface area contributed by atoms with E-state index in [9.17, 15) is 4.79 Å². The molecule has 0 radical (unpaired) electrons. The van der Waals surface area contributed by atoms with Crippen LogP contribution in [0, 0.1) is 29.6 Å². The van der Waals surface area contributed by atoms with E-state index in [-0.39, 0.29) is 11.9 Å². The lowest BCUT2D eigenvalue weighted by Crippen LogP contribution is -2.38. The van der Waals surface area contributed by atoms with E-state index in [2.05, 4.69) is 0 Å². The number of hydrogen-bond acceptors (Lipinski definition) is 2. The molecule has 0 heterocycles. The second kappa shape index (κ2) is 2.98. The van der Waals surface area contributed by atoms with Crippen molar-refractivity contribution in [3.63, 3.8) is 0 Å². The molecule has 14 heavy (non-hydrogen) atoms. The van der Waals surface area contributed by atoms with Crippen LogP contribution in [0.3, 0.4) is 0 Å². The summed E-state index contributed by atoms with van der Waals surface area (Å²) in [6, 6.07) is 0. The lowest BCUT2D eigenvalue weighted by atomic mass is 9.65. The number of carbonyl (C=O) groups excluding carboxylic acids is 1. The van der Waals surface area contributed by atoms with E-state index < -0.39 is 0 Å². The molecular formula is C12H18O2. The topological polar surface area (TPSA) is 26.3 Å². The summed E-state index contributed by atoms with van der Waals surface area (Å²) in [4.78, 5) is 11.7. The minimum absolute atomic E-state index is 0.0903. The summed E-state index contributed by atoms with van der Waals surface area (Å²) >= 11 is 0. The van der Waals surface area contributed by atoms with Crippen LogP contribution in [0.4, 0.5) is 0 Å². The number of rotatable bonds is 2. The number of hydrogen-bond donors (Lipinski definition) is 0. The summed E-state index contributed by atoms with van der Waals surface area (Å²) in [6.45, 7) is 2.44. The zero-order chi connectivity index (χ0) is 9.71. The number of esters is 1. The average Bonchev–Trinajstić information content (AvgIpc) is 2.99. The van der Waals surface area contributed by atoms with Crippen molar-refractivity contribution in [2.24, 2.45) is 29.6 Å². The molecule has 5 unspecified atom stereocenters. The van der Waals surface area contributed by atoms with Crippen molar-refractivity contribution in [1.82, 2.24) is 0 Å². The lowest BCUT2D eigenvalue weighted by molar-refractivity contribution is -0.154. The summed E-state index contributed by atoms with van der Waals surface area (Å²) < 4.78 is 5.16. The van der Waals surface area contributed by atoms with Crippen LogP contribution < -0.4 is 0 Å². The summed E-state index contributed by atoms with van der Waals surface area (Å²) in [5.74, 6) is 3.80. The first-order valence-electron chi connectivity index (χ1n) is 5.98. The highest BCUT2D eigenvalue weighted by molar-refractivity contribution is 5.73. The average molecular weight is 194 g/mol. The highest BCUT2D eigenvalue weighted by Gasteiger charge is 2.58. The van der Waals surface area contributed by atoms with Gasteiger partial charge in [-0.05, 0) is 56.3 Å². The molecule has 5 atom stereocenters. The first-order chi connectivity index (χ1) is 6.81. The molecule has 4 fully saturated rings. The monoisotopic (exact) mass is 194 g/mol. The van der Waals surface area contributed by atoms with Gasteiger partial charge < -0.3 is 4.74 Å². The largest absolute Gasteiger partial charge is 0.466 e. The zero-order valence-electron chi connectivity index (χ0n) is 8.74. The maximum atomic E-state index is 11.7. The highest BCUT2D eigenvalue weighted by atomic mass is 16.5. The zero-order valence-corrected chi connectivity index (χ0v) is 8.74. The van der Waals surface area contributed by atoms with Crippen molar-refractivity contribution < 1.29 is 9.53 Å². The van der Waals surface area contributed by atoms with E-state index in [1.807, 2.05) is 6.92 Å². The van der Waals surface area contributed by atoms with E-state index in [1.165, 1.54) is 19.3 Å². The minimum atomic E-state index is 0.0903. The van der Waals surface area contributed by atoms with Crippen LogP contribution >= 0.6 is 0 Å². The van der Waals surface area contributed by atoms with Crippen molar-refractivity contribution in [2.75, 3.05) is 6.61 Å². The standard InChI is InChI=1S/C12H18O2/c1-2-14-12(13)11-5-7-3-4-8(11)10-6-9(7)10/h7-11H,2-6H2,1H3. The molecular weight excluding hydrogens is 176 g/mol. The predicted molar refractivity (Wildman–Crippen MR) is 52.6 cm³/mol. The number of ether oxygens (including phenoxy) is 1. The van der Waals surface area contributed by atoms with E-state index in [1.54, 1.807) is 0 Å². The van der Waals surface area contributed by atoms with Crippen LogP contribution in [0.15, 0.2) is 0 Å². The van der Waals surface area contributed by atoms with E-state index in [0.717, 1.165) is 24.2 Å². The van der Waals surface area contributed by atoms with Gasteiger partial charge in [-0.15, -0.1) is 0 Å². The quantitative estimate of drug-likeness (QED) is 0.630. The molecule has 4 aliphatic carbocycles. The summed E-state index contributed by atoms with van der Waals surface area (Å²) in [6.07, 6.45) is 5.20. The molecule has 4 aliphatic rings. The third-order valence-electron chi connectivity index (χ3n) is 4.58. The van der Waals surface area contributed by atoms with Gasteiger partial charge in [0, 0.05) is 0 Å². The molecule has 0 spiro atoms. The Balaban J connectivity index is 1.73. The highest BCUT2D eigenvalue weighted by Crippen LogP contribution is 2.64. The van der Waals surface area contributed by atoms with Crippen LogP contribution in [0.2, 0.25) is 0 Å². The Morgan fingerprint density at radius 3 is 2.79 bits per heavy atom. The van der Waals surface area contributed by atoms with Crippen molar-refractivity contribution in [2.45, 2.75) is 32.6 Å². The van der Waals surface area contributed by atoms with Crippen molar-refractivity contribution in [1.29, 1.82) is 0 Å². The molecule has 0 aromatic rings. The van der Waals surface area contributed by atoms with Gasteiger partial charge in [-0.1, -0.05) is 0 Å². The van der Waals surface area contributed by atoms with Gasteiger partial charge in [0.2, 0.25) is 0 Å². The fourth-order valence-electron chi connectivity index (χ4n) is 3.92. The molecule has 0 N–H and O–H groups in total. The van der Waals surface area contributed by atoms with Crippen molar-refractivity contribution >= 4 is 5.97 Å². The molecule has 78 valence electrons. The molecule has 2 bridgehead atoms. The maximum Gasteiger partial charge on any atom is 0.309 e. The molecule has 4 rings (SSSR count). The third kappa shape index (κ3) is 1.12. The second-order valence-electron chi connectivity index (χ2n) is 5.16. The molecule has 0 aromatic heterocycles. The molecule has 4 saturated carbocycles. The minimum Gasteiger partial charge on any atom is -0.466 e. The SMILES string of the molecule is CCOC(=O)C1CC2CCC1C1CC21. The number of fused-ring (bicyclic) bond motifs is 2. The van der Waals surface area contributed by atoms with Crippen LogP contribution in [0.25, 0.3) is 0 Å². The van der Waals surface area contributed by atoms with Gasteiger partial charge in [0.1, 0.15) is 0 Å². The van der Waals surface area contributed by atoms with Gasteiger partial charge in [0.25, 0.3) is 0 Å². The molecule has 0 amide bonds. The van der Waals surface area contributed by atoms with E-state index in [0.29, 0.717) is 12.5 Å². The van der Waals surface area contributed by atoms with Gasteiger partial charge in [0.05, 0.1) is 12.5 Å². The summed E-state index contributed by atoms with van der Waals surface area (Å²) in [5.41, 5.74) is 0. The Morgan fingerprint density at radius 2 is 2.07 bits per heavy atom. The molecule has 0 aromatic carbocycles. The first kappa shape index (κ1) is 8.75. The van der Waals surface area contributed by atoms with E-state index >= 15 is 0 Å². The Hall–Kier alpha value is -0.530. The Labute approximate surface area is 85.0 Å². The van der Waals surface area contributed by atoms with Gasteiger partial charge in [0.15, 0.2) is 0 Å². The second-order valence-corrected chi connectivity index (χ2v) is 5.16. The fraction of sp³-hybridized carbons (Fsp3) is 0.917. The van der Waals surface area contributed by atoms with Gasteiger partial charge in [-0.3, -0.25) is 4.79 Å². The number of carbonyl (C=O) groups is 1. The Morgan fingerprint density at radius 1 is 1.21 bits per heavy atom. The van der Waals surface area contributed by atoms with Crippen molar-refractivity contribution in [3.8, 4) is 0 Å². The summed E-state index contributed by atoms with van der Waals surface area (Å²) in [5, 5.41) is 0. The van der Waals surface area contributed by atoms with Crippen molar-refractivity contribution in [3.05, 3.63) is 0 Å². The van der Waals surface area contributed by atoms with Gasteiger partial charge in [-0.25, -0.2) is 0 Å². The Bertz CT molecular complexity index is 261. The fourth-order valence-corrected chi connectivity index (χ4v) is 3.92. The first-order valence-corrected chi connectivity index (χ1v) is 5.98. The normalized spacial score (nSPS) is 48.5. The van der Waals surface area contributed by atoms with Crippen LogP contribution in [0.5, 0.6) is 0 Å². The maximum absolute atomic E-state index is 11.7. The third-order valence-corrected chi connectivity index (χ3v) is 4.58. The molecule has 0 aliphatic heterocycles. The Kier molecular flexibility index (Phi) is 1.86. The van der Waals surface area contributed by atoms with E-state index in [4.69, 9.17) is 4.74 Å². The van der Waals surface area contributed by atoms with Gasteiger partial charge in [-0.2, -0.15) is 0 Å². The molecule has 2 heteroatoms. The molecule has 0 saturated heterocycles. The smallest absolute Gasteiger partial charge is 0.309 e. The summed E-state index contributed by atoms with van der Waals surface area (Å²) in [7, 11) is 0. The van der Waals surface area contributed by atoms with Crippen LogP contribution in [-0.4, -0.2) is 12.6 Å². The lowest BCUT2D eigenvalue weighted by Gasteiger charge is -2.40. The molecule has 2 nitrogen and oxygen atoms in total. The van der Waals surface area contributed by atoms with Gasteiger partial charge >= 0.3 is 5.97 Å².